The highest BCUT2D eigenvalue weighted by molar-refractivity contribution is 4.95. The normalized spacial score (nSPS) is 32.6. The Bertz CT molecular complexity index is 215. The van der Waals surface area contributed by atoms with Crippen molar-refractivity contribution >= 4 is 0 Å². The highest BCUT2D eigenvalue weighted by Crippen LogP contribution is 2.48. The van der Waals surface area contributed by atoms with E-state index in [9.17, 15) is 0 Å². The van der Waals surface area contributed by atoms with Crippen molar-refractivity contribution < 1.29 is 0 Å². The predicted octanol–water partition coefficient (Wildman–Crippen LogP) is 3.74. The lowest BCUT2D eigenvalue weighted by molar-refractivity contribution is 0.192. The van der Waals surface area contributed by atoms with E-state index < -0.39 is 0 Å². The van der Waals surface area contributed by atoms with Gasteiger partial charge >= 0.3 is 0 Å². The summed E-state index contributed by atoms with van der Waals surface area (Å²) in [7, 11) is 0. The van der Waals surface area contributed by atoms with Gasteiger partial charge in [-0.1, -0.05) is 27.2 Å². The quantitative estimate of drug-likeness (QED) is 0.744. The molecule has 0 aromatic rings. The Morgan fingerprint density at radius 2 is 1.93 bits per heavy atom. The summed E-state index contributed by atoms with van der Waals surface area (Å²) in [6.45, 7) is 8.48. The Morgan fingerprint density at radius 3 is 2.47 bits per heavy atom. The van der Waals surface area contributed by atoms with Crippen LogP contribution in [0.25, 0.3) is 0 Å². The van der Waals surface area contributed by atoms with E-state index in [1.54, 1.807) is 0 Å². The maximum atomic E-state index is 3.83. The summed E-state index contributed by atoms with van der Waals surface area (Å²) in [5.41, 5.74) is 1.29. The fourth-order valence-electron chi connectivity index (χ4n) is 3.07. The van der Waals surface area contributed by atoms with Crippen LogP contribution >= 0.6 is 0 Å². The van der Waals surface area contributed by atoms with Gasteiger partial charge in [-0.3, -0.25) is 0 Å². The first-order chi connectivity index (χ1) is 7.05. The molecule has 1 N–H and O–H groups in total. The highest BCUT2D eigenvalue weighted by atomic mass is 14.9. The molecule has 2 rings (SSSR count). The van der Waals surface area contributed by atoms with Gasteiger partial charge in [-0.15, -0.1) is 0 Å². The molecule has 0 saturated heterocycles. The summed E-state index contributed by atoms with van der Waals surface area (Å²) < 4.78 is 0. The van der Waals surface area contributed by atoms with Gasteiger partial charge in [0.2, 0.25) is 0 Å². The molecule has 15 heavy (non-hydrogen) atoms. The molecule has 0 amide bonds. The molecule has 0 spiro atoms. The summed E-state index contributed by atoms with van der Waals surface area (Å²) in [5.74, 6) is 0. The minimum Gasteiger partial charge on any atom is -0.313 e. The Hall–Kier alpha value is -0.0400. The van der Waals surface area contributed by atoms with Gasteiger partial charge in [0.25, 0.3) is 0 Å². The van der Waals surface area contributed by atoms with E-state index in [2.05, 4.69) is 26.1 Å². The molecule has 1 atom stereocenters. The molecular formula is C14H27N. The molecule has 0 aromatic carbocycles. The Morgan fingerprint density at radius 1 is 1.20 bits per heavy atom. The first-order valence-electron chi connectivity index (χ1n) is 6.79. The highest BCUT2D eigenvalue weighted by Gasteiger charge is 2.41. The summed E-state index contributed by atoms with van der Waals surface area (Å²) in [6, 6.07) is 0.803. The van der Waals surface area contributed by atoms with Crippen molar-refractivity contribution in [3.63, 3.8) is 0 Å². The summed E-state index contributed by atoms with van der Waals surface area (Å²) in [4.78, 5) is 0. The van der Waals surface area contributed by atoms with Gasteiger partial charge < -0.3 is 5.32 Å². The van der Waals surface area contributed by atoms with Crippen molar-refractivity contribution in [2.75, 3.05) is 6.54 Å². The first kappa shape index (κ1) is 11.4. The van der Waals surface area contributed by atoms with Crippen LogP contribution in [0.5, 0.6) is 0 Å². The van der Waals surface area contributed by atoms with E-state index in [-0.39, 0.29) is 0 Å². The fraction of sp³-hybridized carbons (Fsp3) is 1.00. The lowest BCUT2D eigenvalue weighted by Gasteiger charge is -2.36. The van der Waals surface area contributed by atoms with Crippen LogP contribution in [-0.2, 0) is 0 Å². The molecule has 88 valence electrons. The number of hydrogen-bond acceptors (Lipinski definition) is 1. The average molecular weight is 209 g/mol. The predicted molar refractivity (Wildman–Crippen MR) is 66.0 cm³/mol. The van der Waals surface area contributed by atoms with Crippen molar-refractivity contribution in [2.45, 2.75) is 71.8 Å². The smallest absolute Gasteiger partial charge is 0.00723 e. The SMILES string of the molecule is CCC1(CNC2CCCC(C)(C)C2)CC1. The second kappa shape index (κ2) is 4.08. The zero-order valence-corrected chi connectivity index (χ0v) is 10.7. The van der Waals surface area contributed by atoms with Crippen LogP contribution in [0.1, 0.15) is 65.7 Å². The topological polar surface area (TPSA) is 12.0 Å². The van der Waals surface area contributed by atoms with Crippen LogP contribution in [0.15, 0.2) is 0 Å². The third kappa shape index (κ3) is 2.96. The molecule has 2 fully saturated rings. The van der Waals surface area contributed by atoms with Gasteiger partial charge in [-0.25, -0.2) is 0 Å². The van der Waals surface area contributed by atoms with Crippen molar-refractivity contribution in [3.8, 4) is 0 Å². The zero-order valence-electron chi connectivity index (χ0n) is 10.7. The molecule has 2 saturated carbocycles. The minimum atomic E-state index is 0.582. The Labute approximate surface area is 95.0 Å². The van der Waals surface area contributed by atoms with E-state index >= 15 is 0 Å². The van der Waals surface area contributed by atoms with Gasteiger partial charge in [-0.05, 0) is 49.4 Å². The van der Waals surface area contributed by atoms with Crippen molar-refractivity contribution in [3.05, 3.63) is 0 Å². The fourth-order valence-corrected chi connectivity index (χ4v) is 3.07. The van der Waals surface area contributed by atoms with Crippen molar-refractivity contribution in [1.29, 1.82) is 0 Å². The second-order valence-electron chi connectivity index (χ2n) is 6.69. The van der Waals surface area contributed by atoms with Crippen LogP contribution in [0.4, 0.5) is 0 Å². The number of nitrogens with one attached hydrogen (secondary N) is 1. The minimum absolute atomic E-state index is 0.582. The molecule has 0 bridgehead atoms. The molecule has 1 unspecified atom stereocenters. The third-order valence-corrected chi connectivity index (χ3v) is 4.68. The van der Waals surface area contributed by atoms with Gasteiger partial charge in [0.1, 0.15) is 0 Å². The van der Waals surface area contributed by atoms with E-state index in [4.69, 9.17) is 0 Å². The second-order valence-corrected chi connectivity index (χ2v) is 6.69. The number of rotatable bonds is 4. The van der Waals surface area contributed by atoms with Gasteiger partial charge in [0.15, 0.2) is 0 Å². The number of hydrogen-bond donors (Lipinski definition) is 1. The largest absolute Gasteiger partial charge is 0.313 e. The van der Waals surface area contributed by atoms with E-state index in [1.807, 2.05) is 0 Å². The van der Waals surface area contributed by atoms with Crippen LogP contribution in [-0.4, -0.2) is 12.6 Å². The maximum Gasteiger partial charge on any atom is 0.00723 e. The first-order valence-corrected chi connectivity index (χ1v) is 6.79. The molecule has 0 aromatic heterocycles. The van der Waals surface area contributed by atoms with Crippen molar-refractivity contribution in [1.82, 2.24) is 5.32 Å². The van der Waals surface area contributed by atoms with Crippen LogP contribution in [0.3, 0.4) is 0 Å². The molecule has 1 heteroatoms. The Balaban J connectivity index is 1.75. The lowest BCUT2D eigenvalue weighted by atomic mass is 9.75. The van der Waals surface area contributed by atoms with Crippen LogP contribution in [0.2, 0.25) is 0 Å². The molecule has 2 aliphatic rings. The van der Waals surface area contributed by atoms with Gasteiger partial charge in [0, 0.05) is 12.6 Å². The zero-order chi connectivity index (χ0) is 10.9. The van der Waals surface area contributed by atoms with E-state index in [1.165, 1.54) is 51.5 Å². The van der Waals surface area contributed by atoms with E-state index in [0.717, 1.165) is 6.04 Å². The van der Waals surface area contributed by atoms with Gasteiger partial charge in [-0.2, -0.15) is 0 Å². The molecule has 1 nitrogen and oxygen atoms in total. The van der Waals surface area contributed by atoms with Crippen LogP contribution < -0.4 is 5.32 Å². The standard InChI is InChI=1S/C14H27N/c1-4-14(8-9-14)11-15-12-6-5-7-13(2,3)10-12/h12,15H,4-11H2,1-3H3. The third-order valence-electron chi connectivity index (χ3n) is 4.68. The summed E-state index contributed by atoms with van der Waals surface area (Å²) in [5, 5.41) is 3.83. The molecule has 0 aliphatic heterocycles. The van der Waals surface area contributed by atoms with Crippen molar-refractivity contribution in [2.24, 2.45) is 10.8 Å². The summed E-state index contributed by atoms with van der Waals surface area (Å²) >= 11 is 0. The average Bonchev–Trinajstić information content (AvgIpc) is 2.94. The Kier molecular flexibility index (Phi) is 3.12. The summed E-state index contributed by atoms with van der Waals surface area (Å²) in [6.07, 6.45) is 9.93. The molecule has 0 heterocycles. The molecule has 0 radical (unpaired) electrons. The monoisotopic (exact) mass is 209 g/mol. The maximum absolute atomic E-state index is 3.83. The van der Waals surface area contributed by atoms with Gasteiger partial charge in [0.05, 0.1) is 0 Å². The molecular weight excluding hydrogens is 182 g/mol. The lowest BCUT2D eigenvalue weighted by Crippen LogP contribution is -2.39. The van der Waals surface area contributed by atoms with E-state index in [0.29, 0.717) is 10.8 Å². The molecule has 2 aliphatic carbocycles. The van der Waals surface area contributed by atoms with Crippen LogP contribution in [0, 0.1) is 10.8 Å².